The smallest absolute Gasteiger partial charge is 0.263 e. The number of fused-ring (bicyclic) bond motifs is 2. The van der Waals surface area contributed by atoms with Crippen LogP contribution in [-0.4, -0.2) is 18.1 Å². The van der Waals surface area contributed by atoms with Crippen molar-refractivity contribution in [1.82, 2.24) is 0 Å². The SMILES string of the molecule is C=C[SiH](Cc1ccccc1)Oc1ccc2cc3ccc(O[SiH](C=C)Cc4ccccc4)cc3cc2c1. The van der Waals surface area contributed by atoms with Gasteiger partial charge in [0.05, 0.1) is 0 Å². The summed E-state index contributed by atoms with van der Waals surface area (Å²) >= 11 is 0. The Morgan fingerprint density at radius 3 is 1.33 bits per heavy atom. The summed E-state index contributed by atoms with van der Waals surface area (Å²) in [6.07, 6.45) is 0. The molecule has 2 atom stereocenters. The second kappa shape index (κ2) is 11.2. The first-order chi connectivity index (χ1) is 17.7. The van der Waals surface area contributed by atoms with E-state index in [4.69, 9.17) is 8.85 Å². The van der Waals surface area contributed by atoms with Gasteiger partial charge < -0.3 is 8.85 Å². The molecule has 36 heavy (non-hydrogen) atoms. The molecule has 4 heteroatoms. The molecule has 178 valence electrons. The summed E-state index contributed by atoms with van der Waals surface area (Å²) in [6, 6.07) is 40.0. The van der Waals surface area contributed by atoms with Crippen molar-refractivity contribution in [3.05, 3.63) is 145 Å². The van der Waals surface area contributed by atoms with Crippen LogP contribution in [0.15, 0.2) is 134 Å². The third-order valence-electron chi connectivity index (χ3n) is 6.40. The molecule has 0 aliphatic rings. The molecule has 0 aliphatic carbocycles. The van der Waals surface area contributed by atoms with Gasteiger partial charge in [0.2, 0.25) is 0 Å². The molecule has 0 aliphatic heterocycles. The van der Waals surface area contributed by atoms with Crippen molar-refractivity contribution in [2.24, 2.45) is 0 Å². The Balaban J connectivity index is 1.36. The summed E-state index contributed by atoms with van der Waals surface area (Å²) in [6.45, 7) is 8.08. The normalized spacial score (nSPS) is 12.7. The van der Waals surface area contributed by atoms with Crippen LogP contribution in [0, 0.1) is 0 Å². The molecule has 0 N–H and O–H groups in total. The summed E-state index contributed by atoms with van der Waals surface area (Å²) in [4.78, 5) is 0. The summed E-state index contributed by atoms with van der Waals surface area (Å²) in [5.41, 5.74) is 6.61. The van der Waals surface area contributed by atoms with E-state index in [2.05, 4.69) is 110 Å². The molecule has 0 aromatic heterocycles. The van der Waals surface area contributed by atoms with Crippen molar-refractivity contribution in [2.75, 3.05) is 0 Å². The fraction of sp³-hybridized carbons (Fsp3) is 0.0625. The average molecular weight is 503 g/mol. The van der Waals surface area contributed by atoms with E-state index in [9.17, 15) is 0 Å². The van der Waals surface area contributed by atoms with E-state index >= 15 is 0 Å². The Morgan fingerprint density at radius 1 is 0.500 bits per heavy atom. The van der Waals surface area contributed by atoms with E-state index in [0.717, 1.165) is 34.4 Å². The Bertz CT molecular complexity index is 1370. The van der Waals surface area contributed by atoms with E-state index < -0.39 is 18.1 Å². The van der Waals surface area contributed by atoms with Gasteiger partial charge in [0.15, 0.2) is 0 Å². The quantitative estimate of drug-likeness (QED) is 0.148. The summed E-state index contributed by atoms with van der Waals surface area (Å²) in [7, 11) is -3.23. The van der Waals surface area contributed by atoms with Gasteiger partial charge >= 0.3 is 0 Å². The van der Waals surface area contributed by atoms with Crippen molar-refractivity contribution in [3.8, 4) is 11.5 Å². The first-order valence-corrected chi connectivity index (χ1v) is 16.2. The van der Waals surface area contributed by atoms with Gasteiger partial charge in [-0.3, -0.25) is 0 Å². The predicted molar refractivity (Wildman–Crippen MR) is 158 cm³/mol. The Morgan fingerprint density at radius 2 is 0.917 bits per heavy atom. The van der Waals surface area contributed by atoms with E-state index in [0.29, 0.717) is 0 Å². The van der Waals surface area contributed by atoms with Gasteiger partial charge in [0, 0.05) is 12.1 Å². The fourth-order valence-corrected chi connectivity index (χ4v) is 7.65. The lowest BCUT2D eigenvalue weighted by atomic mass is 10.0. The molecule has 5 aromatic carbocycles. The zero-order valence-electron chi connectivity index (χ0n) is 20.3. The van der Waals surface area contributed by atoms with Gasteiger partial charge in [-0.2, -0.15) is 0 Å². The highest BCUT2D eigenvalue weighted by Gasteiger charge is 2.13. The van der Waals surface area contributed by atoms with E-state index in [1.165, 1.54) is 21.9 Å². The number of benzene rings is 5. The van der Waals surface area contributed by atoms with Crippen LogP contribution in [0.3, 0.4) is 0 Å². The standard InChI is InChI=1S/C32H30O2Si2/c1-3-35(23-25-11-7-5-8-12-25)33-31-17-15-27-19-28-16-18-32(22-30(28)20-29(27)21-31)34-36(4-2)24-26-13-9-6-10-14-26/h3-22,35-36H,1-2,23-24H2. The first-order valence-electron chi connectivity index (χ1n) is 12.3. The van der Waals surface area contributed by atoms with Crippen molar-refractivity contribution in [1.29, 1.82) is 0 Å². The summed E-state index contributed by atoms with van der Waals surface area (Å²) in [5.74, 6) is 1.81. The molecule has 5 rings (SSSR count). The van der Waals surface area contributed by atoms with Gasteiger partial charge in [-0.15, -0.1) is 13.2 Å². The fourth-order valence-electron chi connectivity index (χ4n) is 4.49. The minimum atomic E-state index is -1.62. The molecule has 2 unspecified atom stereocenters. The van der Waals surface area contributed by atoms with E-state index in [1.807, 2.05) is 23.5 Å². The van der Waals surface area contributed by atoms with Crippen LogP contribution in [0.5, 0.6) is 11.5 Å². The minimum absolute atomic E-state index is 0.906. The lowest BCUT2D eigenvalue weighted by molar-refractivity contribution is 0.577. The highest BCUT2D eigenvalue weighted by atomic mass is 28.3. The van der Waals surface area contributed by atoms with Crippen LogP contribution < -0.4 is 8.85 Å². The lowest BCUT2D eigenvalue weighted by Gasteiger charge is -2.16. The molecule has 0 radical (unpaired) electrons. The van der Waals surface area contributed by atoms with Crippen LogP contribution in [-0.2, 0) is 12.1 Å². The molecule has 0 saturated carbocycles. The van der Waals surface area contributed by atoms with Crippen molar-refractivity contribution >= 4 is 39.6 Å². The van der Waals surface area contributed by atoms with Crippen molar-refractivity contribution < 1.29 is 8.85 Å². The Kier molecular flexibility index (Phi) is 7.45. The maximum Gasteiger partial charge on any atom is 0.263 e. The minimum Gasteiger partial charge on any atom is -0.542 e. The topological polar surface area (TPSA) is 18.5 Å². The molecule has 0 amide bonds. The largest absolute Gasteiger partial charge is 0.542 e. The number of hydrogen-bond donors (Lipinski definition) is 0. The lowest BCUT2D eigenvalue weighted by Crippen LogP contribution is -2.22. The zero-order valence-corrected chi connectivity index (χ0v) is 22.7. The van der Waals surface area contributed by atoms with Gasteiger partial charge in [-0.25, -0.2) is 0 Å². The highest BCUT2D eigenvalue weighted by molar-refractivity contribution is 6.58. The van der Waals surface area contributed by atoms with Gasteiger partial charge in [-0.1, -0.05) is 84.2 Å². The highest BCUT2D eigenvalue weighted by Crippen LogP contribution is 2.29. The summed E-state index contributed by atoms with van der Waals surface area (Å²) in [5, 5.41) is 4.72. The molecule has 0 saturated heterocycles. The first kappa shape index (κ1) is 23.9. The Hall–Kier alpha value is -3.87. The van der Waals surface area contributed by atoms with Crippen LogP contribution in [0.2, 0.25) is 0 Å². The van der Waals surface area contributed by atoms with Gasteiger partial charge in [-0.05, 0) is 69.1 Å². The van der Waals surface area contributed by atoms with E-state index in [-0.39, 0.29) is 0 Å². The second-order valence-corrected chi connectivity index (χ2v) is 13.4. The maximum absolute atomic E-state index is 6.43. The molecular weight excluding hydrogens is 473 g/mol. The Labute approximate surface area is 216 Å². The van der Waals surface area contributed by atoms with Crippen molar-refractivity contribution in [2.45, 2.75) is 12.1 Å². The van der Waals surface area contributed by atoms with Crippen LogP contribution in [0.25, 0.3) is 21.5 Å². The van der Waals surface area contributed by atoms with Gasteiger partial charge in [0.25, 0.3) is 18.1 Å². The summed E-state index contributed by atoms with van der Waals surface area (Å²) < 4.78 is 12.9. The third-order valence-corrected chi connectivity index (χ3v) is 10.3. The maximum atomic E-state index is 6.43. The molecule has 5 aromatic rings. The van der Waals surface area contributed by atoms with Crippen molar-refractivity contribution in [3.63, 3.8) is 0 Å². The van der Waals surface area contributed by atoms with Crippen LogP contribution in [0.1, 0.15) is 11.1 Å². The number of hydrogen-bond acceptors (Lipinski definition) is 2. The molecule has 2 nitrogen and oxygen atoms in total. The van der Waals surface area contributed by atoms with Gasteiger partial charge in [0.1, 0.15) is 11.5 Å². The molecule has 0 spiro atoms. The monoisotopic (exact) mass is 502 g/mol. The second-order valence-electron chi connectivity index (χ2n) is 9.03. The average Bonchev–Trinajstić information content (AvgIpc) is 2.92. The molecule has 0 bridgehead atoms. The van der Waals surface area contributed by atoms with Crippen LogP contribution in [0.4, 0.5) is 0 Å². The molecular formula is C32H30O2Si2. The predicted octanol–water partition coefficient (Wildman–Crippen LogP) is 7.21. The zero-order chi connectivity index (χ0) is 24.7. The molecule has 0 heterocycles. The molecule has 0 fully saturated rings. The van der Waals surface area contributed by atoms with Crippen LogP contribution >= 0.6 is 0 Å². The third kappa shape index (κ3) is 5.85. The number of rotatable bonds is 10. The van der Waals surface area contributed by atoms with E-state index in [1.54, 1.807) is 0 Å².